The predicted molar refractivity (Wildman–Crippen MR) is 98.5 cm³/mol. The van der Waals surface area contributed by atoms with Gasteiger partial charge in [-0.05, 0) is 39.3 Å². The number of halogens is 3. The number of Topliss-reactive ketones (excluding diaryl/α,β-unsaturated/α-hetero) is 1. The topological polar surface area (TPSA) is 66.5 Å². The van der Waals surface area contributed by atoms with Gasteiger partial charge >= 0.3 is 6.18 Å². The SMILES string of the molecule is CCCCC(=O)NC1(C(F)(F)F)C(=O)N(c2ccc(C)cc2)C(C)=C1C(C)=O. The van der Waals surface area contributed by atoms with Gasteiger partial charge in [0.15, 0.2) is 5.78 Å². The fraction of sp³-hybridized carbons (Fsp3) is 0.450. The molecule has 152 valence electrons. The quantitative estimate of drug-likeness (QED) is 0.795. The number of ketones is 1. The zero-order valence-corrected chi connectivity index (χ0v) is 16.2. The summed E-state index contributed by atoms with van der Waals surface area (Å²) >= 11 is 0. The molecule has 0 saturated heterocycles. The van der Waals surface area contributed by atoms with Crippen molar-refractivity contribution in [3.63, 3.8) is 0 Å². The number of anilines is 1. The highest BCUT2D eigenvalue weighted by Gasteiger charge is 2.70. The number of unbranched alkanes of at least 4 members (excludes halogenated alkanes) is 1. The van der Waals surface area contributed by atoms with Crippen LogP contribution in [0.3, 0.4) is 0 Å². The molecule has 0 radical (unpaired) electrons. The van der Waals surface area contributed by atoms with E-state index in [0.29, 0.717) is 12.8 Å². The largest absolute Gasteiger partial charge is 0.425 e. The summed E-state index contributed by atoms with van der Waals surface area (Å²) in [6.07, 6.45) is -4.39. The molecule has 1 unspecified atom stereocenters. The fourth-order valence-corrected chi connectivity index (χ4v) is 3.39. The Hall–Kier alpha value is -2.64. The molecular formula is C20H23F3N2O3. The molecule has 28 heavy (non-hydrogen) atoms. The van der Waals surface area contributed by atoms with Crippen LogP contribution in [0.15, 0.2) is 35.5 Å². The molecule has 0 aromatic heterocycles. The summed E-state index contributed by atoms with van der Waals surface area (Å²) < 4.78 is 42.7. The van der Waals surface area contributed by atoms with Crippen LogP contribution in [0, 0.1) is 6.92 Å². The molecule has 0 spiro atoms. The number of carbonyl (C=O) groups is 3. The Morgan fingerprint density at radius 1 is 1.14 bits per heavy atom. The van der Waals surface area contributed by atoms with Gasteiger partial charge in [-0.15, -0.1) is 0 Å². The Morgan fingerprint density at radius 3 is 2.18 bits per heavy atom. The highest BCUT2D eigenvalue weighted by molar-refractivity contribution is 6.19. The molecule has 1 aliphatic rings. The minimum absolute atomic E-state index is 0.144. The smallest absolute Gasteiger partial charge is 0.330 e. The van der Waals surface area contributed by atoms with E-state index in [2.05, 4.69) is 0 Å². The fourth-order valence-electron chi connectivity index (χ4n) is 3.39. The van der Waals surface area contributed by atoms with Crippen molar-refractivity contribution < 1.29 is 27.6 Å². The lowest BCUT2D eigenvalue weighted by Crippen LogP contribution is -2.66. The summed E-state index contributed by atoms with van der Waals surface area (Å²) in [5, 5.41) is 1.86. The molecule has 5 nitrogen and oxygen atoms in total. The zero-order valence-electron chi connectivity index (χ0n) is 16.2. The summed E-state index contributed by atoms with van der Waals surface area (Å²) in [6, 6.07) is 6.30. The van der Waals surface area contributed by atoms with Gasteiger partial charge in [0.2, 0.25) is 11.4 Å². The number of allylic oxidation sites excluding steroid dienone is 1. The minimum Gasteiger partial charge on any atom is -0.330 e. The molecule has 2 amide bonds. The molecule has 0 fully saturated rings. The average Bonchev–Trinajstić information content (AvgIpc) is 2.81. The van der Waals surface area contributed by atoms with Crippen LogP contribution in [0.4, 0.5) is 18.9 Å². The van der Waals surface area contributed by atoms with Gasteiger partial charge in [0.25, 0.3) is 5.91 Å². The van der Waals surface area contributed by atoms with Gasteiger partial charge in [-0.3, -0.25) is 19.3 Å². The van der Waals surface area contributed by atoms with E-state index in [-0.39, 0.29) is 17.8 Å². The Balaban J connectivity index is 2.66. The minimum atomic E-state index is -5.19. The van der Waals surface area contributed by atoms with Gasteiger partial charge in [-0.25, -0.2) is 0 Å². The number of hydrogen-bond donors (Lipinski definition) is 1. The standard InChI is InChI=1S/C20H23F3N2O3/c1-5-6-7-16(27)24-19(20(21,22)23)17(14(4)26)13(3)25(18(19)28)15-10-8-12(2)9-11-15/h8-11H,5-7H2,1-4H3,(H,24,27). The first-order valence-corrected chi connectivity index (χ1v) is 8.98. The van der Waals surface area contributed by atoms with Crippen LogP contribution >= 0.6 is 0 Å². The molecule has 1 aliphatic heterocycles. The Kier molecular flexibility index (Phi) is 6.01. The molecule has 0 aliphatic carbocycles. The van der Waals surface area contributed by atoms with Crippen LogP contribution < -0.4 is 10.2 Å². The Bertz CT molecular complexity index is 828. The van der Waals surface area contributed by atoms with E-state index >= 15 is 0 Å². The van der Waals surface area contributed by atoms with Gasteiger partial charge in [-0.2, -0.15) is 13.2 Å². The number of benzene rings is 1. The summed E-state index contributed by atoms with van der Waals surface area (Å²) in [5.41, 5.74) is -3.23. The monoisotopic (exact) mass is 396 g/mol. The van der Waals surface area contributed by atoms with Crippen LogP contribution in [0.2, 0.25) is 0 Å². The van der Waals surface area contributed by atoms with Crippen molar-refractivity contribution in [1.82, 2.24) is 5.32 Å². The van der Waals surface area contributed by atoms with Crippen molar-refractivity contribution in [3.05, 3.63) is 41.1 Å². The second kappa shape index (κ2) is 7.77. The number of amides is 2. The maximum Gasteiger partial charge on any atom is 0.425 e. The van der Waals surface area contributed by atoms with Crippen molar-refractivity contribution in [1.29, 1.82) is 0 Å². The molecule has 0 saturated carbocycles. The molecule has 1 heterocycles. The summed E-state index contributed by atoms with van der Waals surface area (Å²) in [4.78, 5) is 38.3. The van der Waals surface area contributed by atoms with Crippen LogP contribution in [0.1, 0.15) is 45.6 Å². The number of aryl methyl sites for hydroxylation is 1. The van der Waals surface area contributed by atoms with Crippen LogP contribution in [-0.2, 0) is 14.4 Å². The number of alkyl halides is 3. The molecular weight excluding hydrogens is 373 g/mol. The number of nitrogens with zero attached hydrogens (tertiary/aromatic N) is 1. The lowest BCUT2D eigenvalue weighted by molar-refractivity contribution is -0.190. The third kappa shape index (κ3) is 3.55. The van der Waals surface area contributed by atoms with E-state index in [0.717, 1.165) is 17.4 Å². The van der Waals surface area contributed by atoms with E-state index in [1.165, 1.54) is 19.1 Å². The number of carbonyl (C=O) groups excluding carboxylic acids is 3. The van der Waals surface area contributed by atoms with Gasteiger partial charge in [0.05, 0.1) is 5.57 Å². The second-order valence-corrected chi connectivity index (χ2v) is 6.89. The molecule has 1 N–H and O–H groups in total. The van der Waals surface area contributed by atoms with Gasteiger partial charge < -0.3 is 5.32 Å². The average molecular weight is 396 g/mol. The number of rotatable bonds is 6. The van der Waals surface area contributed by atoms with Gasteiger partial charge in [0.1, 0.15) is 0 Å². The third-order valence-electron chi connectivity index (χ3n) is 4.75. The summed E-state index contributed by atoms with van der Waals surface area (Å²) in [6.45, 7) is 5.83. The number of nitrogens with one attached hydrogen (secondary N) is 1. The molecule has 8 heteroatoms. The van der Waals surface area contributed by atoms with Crippen LogP contribution in [-0.4, -0.2) is 29.3 Å². The van der Waals surface area contributed by atoms with Crippen molar-refractivity contribution in [2.75, 3.05) is 4.90 Å². The molecule has 1 aromatic rings. The lowest BCUT2D eigenvalue weighted by atomic mass is 9.86. The maximum absolute atomic E-state index is 14.2. The Labute approximate surface area is 161 Å². The predicted octanol–water partition coefficient (Wildman–Crippen LogP) is 3.81. The van der Waals surface area contributed by atoms with Gasteiger partial charge in [0, 0.05) is 17.8 Å². The van der Waals surface area contributed by atoms with E-state index in [4.69, 9.17) is 0 Å². The van der Waals surface area contributed by atoms with E-state index in [9.17, 15) is 27.6 Å². The van der Waals surface area contributed by atoms with E-state index in [1.54, 1.807) is 26.0 Å². The first-order chi connectivity index (χ1) is 13.0. The first kappa shape index (κ1) is 21.7. The molecule has 1 aromatic carbocycles. The number of hydrogen-bond acceptors (Lipinski definition) is 3. The summed E-state index contributed by atoms with van der Waals surface area (Å²) in [5.74, 6) is -3.25. The highest BCUT2D eigenvalue weighted by Crippen LogP contribution is 2.46. The second-order valence-electron chi connectivity index (χ2n) is 6.89. The molecule has 2 rings (SSSR count). The van der Waals surface area contributed by atoms with Gasteiger partial charge in [-0.1, -0.05) is 31.0 Å². The Morgan fingerprint density at radius 2 is 1.71 bits per heavy atom. The van der Waals surface area contributed by atoms with E-state index in [1.807, 2.05) is 5.32 Å². The summed E-state index contributed by atoms with van der Waals surface area (Å²) in [7, 11) is 0. The molecule has 1 atom stereocenters. The van der Waals surface area contributed by atoms with Crippen molar-refractivity contribution in [2.45, 2.75) is 58.7 Å². The lowest BCUT2D eigenvalue weighted by Gasteiger charge is -2.33. The zero-order chi connectivity index (χ0) is 21.3. The maximum atomic E-state index is 14.2. The third-order valence-corrected chi connectivity index (χ3v) is 4.75. The van der Waals surface area contributed by atoms with Crippen LogP contribution in [0.5, 0.6) is 0 Å². The van der Waals surface area contributed by atoms with E-state index < -0.39 is 34.9 Å². The highest BCUT2D eigenvalue weighted by atomic mass is 19.4. The van der Waals surface area contributed by atoms with Crippen molar-refractivity contribution in [3.8, 4) is 0 Å². The van der Waals surface area contributed by atoms with Crippen molar-refractivity contribution >= 4 is 23.3 Å². The normalized spacial score (nSPS) is 20.0. The van der Waals surface area contributed by atoms with Crippen LogP contribution in [0.25, 0.3) is 0 Å². The molecule has 0 bridgehead atoms. The van der Waals surface area contributed by atoms with Crippen molar-refractivity contribution in [2.24, 2.45) is 0 Å². The first-order valence-electron chi connectivity index (χ1n) is 8.98.